The van der Waals surface area contributed by atoms with Crippen molar-refractivity contribution < 1.29 is 23.9 Å². The number of amides is 2. The van der Waals surface area contributed by atoms with Crippen molar-refractivity contribution >= 4 is 17.8 Å². The summed E-state index contributed by atoms with van der Waals surface area (Å²) in [6.45, 7) is 2.56. The van der Waals surface area contributed by atoms with Crippen molar-refractivity contribution in [3.8, 4) is 11.5 Å². The molecule has 164 valence electrons. The topological polar surface area (TPSA) is 84.9 Å². The maximum Gasteiger partial charge on any atom is 0.308 e. The molecule has 1 N–H and O–H groups in total. The van der Waals surface area contributed by atoms with Crippen molar-refractivity contribution in [2.24, 2.45) is 0 Å². The minimum Gasteiger partial charge on any atom is -0.497 e. The van der Waals surface area contributed by atoms with Crippen molar-refractivity contribution in [1.82, 2.24) is 10.2 Å². The summed E-state index contributed by atoms with van der Waals surface area (Å²) in [6.07, 6.45) is 2.54. The number of nitrogens with zero attached hydrogens (tertiary/aromatic N) is 1. The third kappa shape index (κ3) is 6.57. The predicted molar refractivity (Wildman–Crippen MR) is 116 cm³/mol. The molecule has 2 aromatic rings. The molecule has 31 heavy (non-hydrogen) atoms. The molecule has 7 nitrogen and oxygen atoms in total. The number of methoxy groups -OCH3 is 1. The summed E-state index contributed by atoms with van der Waals surface area (Å²) in [5.41, 5.74) is 1.52. The molecule has 2 aromatic carbocycles. The minimum absolute atomic E-state index is 0.00677. The number of benzene rings is 2. The molecule has 2 amide bonds. The smallest absolute Gasteiger partial charge is 0.308 e. The van der Waals surface area contributed by atoms with Gasteiger partial charge in [0.1, 0.15) is 11.5 Å². The van der Waals surface area contributed by atoms with Crippen LogP contribution in [0.4, 0.5) is 0 Å². The monoisotopic (exact) mass is 424 g/mol. The van der Waals surface area contributed by atoms with E-state index in [2.05, 4.69) is 5.32 Å². The molecule has 7 heteroatoms. The normalized spacial score (nSPS) is 14.1. The highest BCUT2D eigenvalue weighted by Gasteiger charge is 2.24. The third-order valence-corrected chi connectivity index (χ3v) is 5.30. The van der Waals surface area contributed by atoms with E-state index in [4.69, 9.17) is 9.47 Å². The summed E-state index contributed by atoms with van der Waals surface area (Å²) in [7, 11) is 1.63. The van der Waals surface area contributed by atoms with Gasteiger partial charge in [-0.1, -0.05) is 18.2 Å². The SMILES string of the molecule is COc1cccc(CCC(=O)N2CCC(NC(=O)c3cccc(OC(C)=O)c3)CC2)c1. The molecule has 0 spiro atoms. The lowest BCUT2D eigenvalue weighted by Crippen LogP contribution is -2.46. The highest BCUT2D eigenvalue weighted by Crippen LogP contribution is 2.18. The second-order valence-corrected chi connectivity index (χ2v) is 7.60. The zero-order valence-corrected chi connectivity index (χ0v) is 17.9. The maximum atomic E-state index is 12.6. The Morgan fingerprint density at radius 1 is 1.03 bits per heavy atom. The predicted octanol–water partition coefficient (Wildman–Crippen LogP) is 2.97. The molecule has 0 saturated carbocycles. The Labute approximate surface area is 182 Å². The van der Waals surface area contributed by atoms with Gasteiger partial charge < -0.3 is 19.7 Å². The number of piperidine rings is 1. The van der Waals surface area contributed by atoms with Crippen LogP contribution in [0.15, 0.2) is 48.5 Å². The van der Waals surface area contributed by atoms with Crippen molar-refractivity contribution in [2.75, 3.05) is 20.2 Å². The standard InChI is InChI=1S/C24H28N2O5/c1-17(27)31-22-8-4-6-19(16-22)24(29)25-20-11-13-26(14-12-20)23(28)10-9-18-5-3-7-21(15-18)30-2/h3-8,15-16,20H,9-14H2,1-2H3,(H,25,29). The van der Waals surface area contributed by atoms with E-state index in [1.165, 1.54) is 6.92 Å². The van der Waals surface area contributed by atoms with Crippen LogP contribution in [0.5, 0.6) is 11.5 Å². The van der Waals surface area contributed by atoms with Crippen LogP contribution in [0.1, 0.15) is 42.1 Å². The van der Waals surface area contributed by atoms with E-state index in [0.717, 1.165) is 11.3 Å². The molecular weight excluding hydrogens is 396 g/mol. The van der Waals surface area contributed by atoms with Crippen molar-refractivity contribution in [1.29, 1.82) is 0 Å². The van der Waals surface area contributed by atoms with Gasteiger partial charge in [0.2, 0.25) is 5.91 Å². The number of rotatable bonds is 7. The lowest BCUT2D eigenvalue weighted by molar-refractivity contribution is -0.133. The zero-order chi connectivity index (χ0) is 22.2. The average molecular weight is 424 g/mol. The van der Waals surface area contributed by atoms with E-state index in [0.29, 0.717) is 50.1 Å². The maximum absolute atomic E-state index is 12.6. The Morgan fingerprint density at radius 3 is 2.45 bits per heavy atom. The van der Waals surface area contributed by atoms with Crippen molar-refractivity contribution in [3.05, 3.63) is 59.7 Å². The minimum atomic E-state index is -0.430. The number of likely N-dealkylation sites (tertiary alicyclic amines) is 1. The van der Waals surface area contributed by atoms with Crippen LogP contribution in [0.2, 0.25) is 0 Å². The van der Waals surface area contributed by atoms with Gasteiger partial charge in [0.25, 0.3) is 5.91 Å². The molecule has 0 aromatic heterocycles. The molecule has 1 aliphatic heterocycles. The molecule has 1 aliphatic rings. The molecule has 0 radical (unpaired) electrons. The van der Waals surface area contributed by atoms with Gasteiger partial charge in [-0.05, 0) is 55.2 Å². The number of esters is 1. The van der Waals surface area contributed by atoms with E-state index in [-0.39, 0.29) is 17.9 Å². The van der Waals surface area contributed by atoms with E-state index in [1.54, 1.807) is 31.4 Å². The Kier molecular flexibility index (Phi) is 7.65. The highest BCUT2D eigenvalue weighted by atomic mass is 16.5. The Bertz CT molecular complexity index is 935. The van der Waals surface area contributed by atoms with E-state index in [1.807, 2.05) is 29.2 Å². The van der Waals surface area contributed by atoms with Gasteiger partial charge >= 0.3 is 5.97 Å². The van der Waals surface area contributed by atoms with Crippen LogP contribution in [-0.4, -0.2) is 48.9 Å². The largest absolute Gasteiger partial charge is 0.497 e. The van der Waals surface area contributed by atoms with Gasteiger partial charge in [0, 0.05) is 38.0 Å². The van der Waals surface area contributed by atoms with Gasteiger partial charge in [-0.25, -0.2) is 0 Å². The first-order valence-electron chi connectivity index (χ1n) is 10.4. The number of hydrogen-bond acceptors (Lipinski definition) is 5. The summed E-state index contributed by atoms with van der Waals surface area (Å²) in [5.74, 6) is 0.621. The van der Waals surface area contributed by atoms with E-state index in [9.17, 15) is 14.4 Å². The second kappa shape index (κ2) is 10.6. The first-order valence-corrected chi connectivity index (χ1v) is 10.4. The molecule has 3 rings (SSSR count). The van der Waals surface area contributed by atoms with Crippen LogP contribution in [0, 0.1) is 0 Å². The molecule has 0 unspecified atom stereocenters. The number of hydrogen-bond donors (Lipinski definition) is 1. The first kappa shape index (κ1) is 22.3. The molecule has 0 atom stereocenters. The van der Waals surface area contributed by atoms with Crippen molar-refractivity contribution in [3.63, 3.8) is 0 Å². The molecule has 1 saturated heterocycles. The third-order valence-electron chi connectivity index (χ3n) is 5.30. The molecule has 0 bridgehead atoms. The Balaban J connectivity index is 1.45. The van der Waals surface area contributed by atoms with Crippen LogP contribution in [0.25, 0.3) is 0 Å². The van der Waals surface area contributed by atoms with Gasteiger partial charge in [0.15, 0.2) is 0 Å². The lowest BCUT2D eigenvalue weighted by atomic mass is 10.0. The van der Waals surface area contributed by atoms with Crippen LogP contribution >= 0.6 is 0 Å². The molecule has 1 fully saturated rings. The summed E-state index contributed by atoms with van der Waals surface area (Å²) in [4.78, 5) is 38.1. The number of ether oxygens (including phenoxy) is 2. The summed E-state index contributed by atoms with van der Waals surface area (Å²) in [6, 6.07) is 14.3. The fraction of sp³-hybridized carbons (Fsp3) is 0.375. The molecular formula is C24H28N2O5. The summed E-state index contributed by atoms with van der Waals surface area (Å²) < 4.78 is 10.3. The second-order valence-electron chi connectivity index (χ2n) is 7.60. The Morgan fingerprint density at radius 2 is 1.74 bits per heavy atom. The van der Waals surface area contributed by atoms with Gasteiger partial charge in [-0.15, -0.1) is 0 Å². The van der Waals surface area contributed by atoms with Crippen LogP contribution in [0.3, 0.4) is 0 Å². The number of aryl methyl sites for hydroxylation is 1. The fourth-order valence-corrected chi connectivity index (χ4v) is 3.65. The number of nitrogens with one attached hydrogen (secondary N) is 1. The summed E-state index contributed by atoms with van der Waals surface area (Å²) in [5, 5.41) is 3.01. The van der Waals surface area contributed by atoms with Crippen molar-refractivity contribution in [2.45, 2.75) is 38.6 Å². The van der Waals surface area contributed by atoms with Gasteiger partial charge in [-0.3, -0.25) is 14.4 Å². The Hall–Kier alpha value is -3.35. The summed E-state index contributed by atoms with van der Waals surface area (Å²) >= 11 is 0. The molecule has 1 heterocycles. The van der Waals surface area contributed by atoms with Crippen LogP contribution in [-0.2, 0) is 16.0 Å². The average Bonchev–Trinajstić information content (AvgIpc) is 2.78. The number of carbonyl (C=O) groups is 3. The highest BCUT2D eigenvalue weighted by molar-refractivity contribution is 5.95. The van der Waals surface area contributed by atoms with Crippen LogP contribution < -0.4 is 14.8 Å². The van der Waals surface area contributed by atoms with E-state index < -0.39 is 5.97 Å². The quantitative estimate of drug-likeness (QED) is 0.546. The molecule has 0 aliphatic carbocycles. The lowest BCUT2D eigenvalue weighted by Gasteiger charge is -2.32. The fourth-order valence-electron chi connectivity index (χ4n) is 3.65. The number of carbonyl (C=O) groups excluding carboxylic acids is 3. The van der Waals surface area contributed by atoms with Gasteiger partial charge in [0.05, 0.1) is 7.11 Å². The van der Waals surface area contributed by atoms with E-state index >= 15 is 0 Å². The first-order chi connectivity index (χ1) is 14.9. The van der Waals surface area contributed by atoms with Gasteiger partial charge in [-0.2, -0.15) is 0 Å². The zero-order valence-electron chi connectivity index (χ0n) is 17.9.